The van der Waals surface area contributed by atoms with Crippen molar-refractivity contribution in [3.05, 3.63) is 24.3 Å². The molecule has 170 valence electrons. The molecule has 1 unspecified atom stereocenters. The van der Waals surface area contributed by atoms with E-state index in [-0.39, 0.29) is 36.6 Å². The molecule has 9 heteroatoms. The fourth-order valence-electron chi connectivity index (χ4n) is 3.16. The van der Waals surface area contributed by atoms with Crippen LogP contribution in [0.25, 0.3) is 0 Å². The van der Waals surface area contributed by atoms with Crippen LogP contribution in [0.1, 0.15) is 40.0 Å². The van der Waals surface area contributed by atoms with Gasteiger partial charge in [-0.3, -0.25) is 24.1 Å². The summed E-state index contributed by atoms with van der Waals surface area (Å²) in [5.74, 6) is -0.948. The molecule has 0 bridgehead atoms. The molecule has 1 fully saturated rings. The van der Waals surface area contributed by atoms with Crippen molar-refractivity contribution < 1.29 is 23.9 Å². The van der Waals surface area contributed by atoms with Crippen LogP contribution in [-0.2, 0) is 23.9 Å². The molecule has 0 spiro atoms. The zero-order valence-corrected chi connectivity index (χ0v) is 18.4. The molecular formula is C22H32N4O5. The summed E-state index contributed by atoms with van der Waals surface area (Å²) in [6.07, 6.45) is 1.07. The SMILES string of the molecule is CCCC(=O)Nc1cccc(NC(=O)CN2CCNC(=O)C2CC(=O)OCC(C)C)c1. The Morgan fingerprint density at radius 2 is 1.87 bits per heavy atom. The number of esters is 1. The van der Waals surface area contributed by atoms with E-state index >= 15 is 0 Å². The van der Waals surface area contributed by atoms with E-state index in [2.05, 4.69) is 16.0 Å². The second-order valence-corrected chi connectivity index (χ2v) is 7.99. The quantitative estimate of drug-likeness (QED) is 0.485. The summed E-state index contributed by atoms with van der Waals surface area (Å²) in [4.78, 5) is 50.4. The van der Waals surface area contributed by atoms with Crippen LogP contribution in [0.4, 0.5) is 11.4 Å². The lowest BCUT2D eigenvalue weighted by Crippen LogP contribution is -2.57. The summed E-state index contributed by atoms with van der Waals surface area (Å²) in [6.45, 7) is 6.90. The van der Waals surface area contributed by atoms with Crippen LogP contribution in [0.15, 0.2) is 24.3 Å². The molecule has 1 atom stereocenters. The third-order valence-electron chi connectivity index (χ3n) is 4.63. The van der Waals surface area contributed by atoms with Crippen LogP contribution in [-0.4, -0.2) is 60.9 Å². The highest BCUT2D eigenvalue weighted by Gasteiger charge is 2.33. The Hall–Kier alpha value is -2.94. The fraction of sp³-hybridized carbons (Fsp3) is 0.545. The molecule has 1 saturated heterocycles. The van der Waals surface area contributed by atoms with Gasteiger partial charge < -0.3 is 20.7 Å². The largest absolute Gasteiger partial charge is 0.465 e. The highest BCUT2D eigenvalue weighted by molar-refractivity contribution is 5.95. The third-order valence-corrected chi connectivity index (χ3v) is 4.63. The lowest BCUT2D eigenvalue weighted by Gasteiger charge is -2.33. The van der Waals surface area contributed by atoms with E-state index in [1.54, 1.807) is 29.2 Å². The van der Waals surface area contributed by atoms with Gasteiger partial charge in [0.2, 0.25) is 17.7 Å². The molecule has 9 nitrogen and oxygen atoms in total. The molecule has 1 aliphatic heterocycles. The van der Waals surface area contributed by atoms with Crippen molar-refractivity contribution in [1.82, 2.24) is 10.2 Å². The second kappa shape index (κ2) is 12.0. The first-order chi connectivity index (χ1) is 14.8. The van der Waals surface area contributed by atoms with Gasteiger partial charge in [0.15, 0.2) is 0 Å². The van der Waals surface area contributed by atoms with E-state index in [1.165, 1.54) is 0 Å². The van der Waals surface area contributed by atoms with Gasteiger partial charge in [-0.15, -0.1) is 0 Å². The van der Waals surface area contributed by atoms with E-state index in [0.29, 0.717) is 37.5 Å². The smallest absolute Gasteiger partial charge is 0.307 e. The van der Waals surface area contributed by atoms with Crippen molar-refractivity contribution in [3.8, 4) is 0 Å². The number of nitrogens with zero attached hydrogens (tertiary/aromatic N) is 1. The Bertz CT molecular complexity index is 796. The van der Waals surface area contributed by atoms with Crippen molar-refractivity contribution >= 4 is 35.1 Å². The maximum atomic E-state index is 12.6. The van der Waals surface area contributed by atoms with Gasteiger partial charge in [-0.05, 0) is 30.5 Å². The number of ether oxygens (including phenoxy) is 1. The number of rotatable bonds is 10. The van der Waals surface area contributed by atoms with Crippen LogP contribution < -0.4 is 16.0 Å². The number of hydrogen-bond donors (Lipinski definition) is 3. The summed E-state index contributed by atoms with van der Waals surface area (Å²) in [5, 5.41) is 8.30. The first-order valence-corrected chi connectivity index (χ1v) is 10.7. The number of hydrogen-bond acceptors (Lipinski definition) is 6. The summed E-state index contributed by atoms with van der Waals surface area (Å²) in [7, 11) is 0. The van der Waals surface area contributed by atoms with Gasteiger partial charge in [0.05, 0.1) is 19.6 Å². The Kier molecular flexibility index (Phi) is 9.45. The fourth-order valence-corrected chi connectivity index (χ4v) is 3.16. The van der Waals surface area contributed by atoms with Crippen LogP contribution in [0.5, 0.6) is 0 Å². The Morgan fingerprint density at radius 1 is 1.19 bits per heavy atom. The van der Waals surface area contributed by atoms with Gasteiger partial charge in [-0.2, -0.15) is 0 Å². The average molecular weight is 433 g/mol. The highest BCUT2D eigenvalue weighted by Crippen LogP contribution is 2.16. The maximum Gasteiger partial charge on any atom is 0.307 e. The monoisotopic (exact) mass is 432 g/mol. The number of carbonyl (C=O) groups is 4. The van der Waals surface area contributed by atoms with Crippen LogP contribution in [0.2, 0.25) is 0 Å². The van der Waals surface area contributed by atoms with Crippen molar-refractivity contribution in [1.29, 1.82) is 0 Å². The number of anilines is 2. The number of amides is 3. The predicted octanol–water partition coefficient (Wildman–Crippen LogP) is 1.75. The summed E-state index contributed by atoms with van der Waals surface area (Å²) in [6, 6.07) is 6.13. The van der Waals surface area contributed by atoms with Gasteiger partial charge in [0.1, 0.15) is 6.04 Å². The first kappa shape index (κ1) is 24.3. The van der Waals surface area contributed by atoms with Crippen LogP contribution in [0, 0.1) is 5.92 Å². The first-order valence-electron chi connectivity index (χ1n) is 10.7. The molecule has 0 saturated carbocycles. The molecule has 1 aliphatic rings. The minimum Gasteiger partial charge on any atom is -0.465 e. The maximum absolute atomic E-state index is 12.6. The molecule has 0 aliphatic carbocycles. The molecule has 0 aromatic heterocycles. The molecule has 3 amide bonds. The van der Waals surface area contributed by atoms with E-state index < -0.39 is 12.0 Å². The molecule has 0 radical (unpaired) electrons. The van der Waals surface area contributed by atoms with Gasteiger partial charge >= 0.3 is 5.97 Å². The average Bonchev–Trinajstić information content (AvgIpc) is 2.69. The van der Waals surface area contributed by atoms with Gasteiger partial charge in [0, 0.05) is 30.9 Å². The molecule has 2 rings (SSSR count). The van der Waals surface area contributed by atoms with Gasteiger partial charge in [-0.25, -0.2) is 0 Å². The van der Waals surface area contributed by atoms with E-state index in [1.807, 2.05) is 20.8 Å². The second-order valence-electron chi connectivity index (χ2n) is 7.99. The lowest BCUT2D eigenvalue weighted by atomic mass is 10.1. The van der Waals surface area contributed by atoms with Crippen molar-refractivity contribution in [2.45, 2.75) is 46.1 Å². The standard InChI is InChI=1S/C22H32N4O5/c1-4-6-19(27)24-16-7-5-8-17(11-16)25-20(28)13-26-10-9-23-22(30)18(26)12-21(29)31-14-15(2)3/h5,7-8,11,15,18H,4,6,9-10,12-14H2,1-3H3,(H,23,30)(H,24,27)(H,25,28). The van der Waals surface area contributed by atoms with Crippen LogP contribution in [0.3, 0.4) is 0 Å². The molecule has 1 heterocycles. The number of benzene rings is 1. The summed E-state index contributed by atoms with van der Waals surface area (Å²) >= 11 is 0. The number of carbonyl (C=O) groups excluding carboxylic acids is 4. The molecule has 31 heavy (non-hydrogen) atoms. The molecule has 3 N–H and O–H groups in total. The Morgan fingerprint density at radius 3 is 2.52 bits per heavy atom. The topological polar surface area (TPSA) is 117 Å². The number of nitrogens with one attached hydrogen (secondary N) is 3. The van der Waals surface area contributed by atoms with Crippen molar-refractivity contribution in [2.75, 3.05) is 36.9 Å². The zero-order chi connectivity index (χ0) is 22.8. The van der Waals surface area contributed by atoms with Gasteiger partial charge in [0.25, 0.3) is 0 Å². The normalized spacial score (nSPS) is 16.5. The lowest BCUT2D eigenvalue weighted by molar-refractivity contribution is -0.149. The Labute approximate surface area is 182 Å². The third kappa shape index (κ3) is 8.37. The van der Waals surface area contributed by atoms with E-state index in [9.17, 15) is 19.2 Å². The van der Waals surface area contributed by atoms with Gasteiger partial charge in [-0.1, -0.05) is 26.8 Å². The van der Waals surface area contributed by atoms with E-state index in [0.717, 1.165) is 6.42 Å². The minimum absolute atomic E-state index is 0.0397. The minimum atomic E-state index is -0.751. The predicted molar refractivity (Wildman–Crippen MR) is 117 cm³/mol. The van der Waals surface area contributed by atoms with Crippen molar-refractivity contribution in [3.63, 3.8) is 0 Å². The Balaban J connectivity index is 1.95. The van der Waals surface area contributed by atoms with Crippen molar-refractivity contribution in [2.24, 2.45) is 5.92 Å². The summed E-state index contributed by atoms with van der Waals surface area (Å²) < 4.78 is 5.18. The highest BCUT2D eigenvalue weighted by atomic mass is 16.5. The summed E-state index contributed by atoms with van der Waals surface area (Å²) in [5.41, 5.74) is 1.13. The number of piperazine rings is 1. The zero-order valence-electron chi connectivity index (χ0n) is 18.4. The molecule has 1 aromatic rings. The molecular weight excluding hydrogens is 400 g/mol. The van der Waals surface area contributed by atoms with E-state index in [4.69, 9.17) is 4.74 Å². The molecule has 1 aromatic carbocycles. The van der Waals surface area contributed by atoms with Crippen LogP contribution >= 0.6 is 0 Å².